The van der Waals surface area contributed by atoms with Crippen molar-refractivity contribution in [2.75, 3.05) is 12.4 Å². The first-order chi connectivity index (χ1) is 11.6. The van der Waals surface area contributed by atoms with E-state index in [9.17, 15) is 9.90 Å². The highest BCUT2D eigenvalue weighted by Crippen LogP contribution is 2.26. The predicted octanol–water partition coefficient (Wildman–Crippen LogP) is 3.84. The maximum atomic E-state index is 11.7. The number of nitrogens with one attached hydrogen (secondary N) is 1. The quantitative estimate of drug-likeness (QED) is 0.844. The zero-order valence-corrected chi connectivity index (χ0v) is 13.5. The van der Waals surface area contributed by atoms with Crippen LogP contribution >= 0.6 is 0 Å². The summed E-state index contributed by atoms with van der Waals surface area (Å²) in [5, 5.41) is 21.4. The first-order valence-electron chi connectivity index (χ1n) is 7.38. The van der Waals surface area contributed by atoms with Crippen LogP contribution in [-0.4, -0.2) is 18.2 Å². The van der Waals surface area contributed by atoms with Crippen molar-refractivity contribution < 1.29 is 14.6 Å². The first kappa shape index (κ1) is 17.1. The van der Waals surface area contributed by atoms with E-state index in [-0.39, 0.29) is 0 Å². The van der Waals surface area contributed by atoms with Crippen molar-refractivity contribution in [1.29, 1.82) is 5.26 Å². The standard InChI is InChI=1S/C19H18N2O3/c1-3-4-14-9-15(11-17(10-14)24-2)18(19(22)23)21-16-7-5-13(12-20)6-8-16/h3-11,18,21H,1-2H3,(H,22,23). The van der Waals surface area contributed by atoms with Crippen LogP contribution in [0.3, 0.4) is 0 Å². The van der Waals surface area contributed by atoms with Crippen LogP contribution in [-0.2, 0) is 4.79 Å². The van der Waals surface area contributed by atoms with Gasteiger partial charge in [-0.25, -0.2) is 4.79 Å². The Kier molecular flexibility index (Phi) is 5.58. The lowest BCUT2D eigenvalue weighted by atomic mass is 10.0. The van der Waals surface area contributed by atoms with Crippen LogP contribution in [0.2, 0.25) is 0 Å². The highest BCUT2D eigenvalue weighted by Gasteiger charge is 2.21. The zero-order valence-electron chi connectivity index (χ0n) is 13.5. The van der Waals surface area contributed by atoms with E-state index in [0.29, 0.717) is 22.6 Å². The van der Waals surface area contributed by atoms with Crippen LogP contribution in [0.4, 0.5) is 5.69 Å². The maximum Gasteiger partial charge on any atom is 0.330 e. The maximum absolute atomic E-state index is 11.7. The second-order valence-corrected chi connectivity index (χ2v) is 5.14. The molecule has 2 N–H and O–H groups in total. The molecule has 1 atom stereocenters. The van der Waals surface area contributed by atoms with Crippen LogP contribution < -0.4 is 10.1 Å². The molecule has 1 unspecified atom stereocenters. The number of rotatable bonds is 6. The number of hydrogen-bond acceptors (Lipinski definition) is 4. The summed E-state index contributed by atoms with van der Waals surface area (Å²) in [7, 11) is 1.54. The SMILES string of the molecule is CC=Cc1cc(OC)cc(C(Nc2ccc(C#N)cc2)C(=O)O)c1. The molecule has 0 saturated heterocycles. The number of ether oxygens (including phenoxy) is 1. The molecule has 0 heterocycles. The Morgan fingerprint density at radius 1 is 1.29 bits per heavy atom. The summed E-state index contributed by atoms with van der Waals surface area (Å²) in [4.78, 5) is 11.7. The molecule has 2 rings (SSSR count). The van der Waals surface area contributed by atoms with Crippen molar-refractivity contribution in [3.8, 4) is 11.8 Å². The van der Waals surface area contributed by atoms with Gasteiger partial charge in [0.2, 0.25) is 0 Å². The monoisotopic (exact) mass is 322 g/mol. The predicted molar refractivity (Wildman–Crippen MR) is 92.9 cm³/mol. The van der Waals surface area contributed by atoms with Gasteiger partial charge in [0.1, 0.15) is 5.75 Å². The molecule has 0 aromatic heterocycles. The Bertz CT molecular complexity index is 789. The average Bonchev–Trinajstić information content (AvgIpc) is 2.59. The topological polar surface area (TPSA) is 82.3 Å². The third kappa shape index (κ3) is 4.14. The summed E-state index contributed by atoms with van der Waals surface area (Å²) in [5.41, 5.74) is 2.58. The third-order valence-corrected chi connectivity index (χ3v) is 3.45. The molecule has 122 valence electrons. The highest BCUT2D eigenvalue weighted by atomic mass is 16.5. The van der Waals surface area contributed by atoms with Gasteiger partial charge in [-0.15, -0.1) is 0 Å². The molecule has 0 amide bonds. The van der Waals surface area contributed by atoms with E-state index in [2.05, 4.69) is 5.32 Å². The van der Waals surface area contributed by atoms with E-state index >= 15 is 0 Å². The third-order valence-electron chi connectivity index (χ3n) is 3.45. The Morgan fingerprint density at radius 3 is 2.54 bits per heavy atom. The number of allylic oxidation sites excluding steroid dienone is 1. The smallest absolute Gasteiger partial charge is 0.330 e. The minimum Gasteiger partial charge on any atom is -0.497 e. The number of hydrogen-bond donors (Lipinski definition) is 2. The number of carboxylic acid groups (broad SMARTS) is 1. The first-order valence-corrected chi connectivity index (χ1v) is 7.38. The number of carbonyl (C=O) groups is 1. The van der Waals surface area contributed by atoms with Gasteiger partial charge in [0.05, 0.1) is 18.7 Å². The second-order valence-electron chi connectivity index (χ2n) is 5.14. The van der Waals surface area contributed by atoms with Gasteiger partial charge in [0.25, 0.3) is 0 Å². The molecule has 0 aliphatic heterocycles. The number of methoxy groups -OCH3 is 1. The highest BCUT2D eigenvalue weighted by molar-refractivity contribution is 5.80. The number of nitrogens with zero attached hydrogens (tertiary/aromatic N) is 1. The van der Waals surface area contributed by atoms with Crippen LogP contribution in [0.1, 0.15) is 29.7 Å². The Hall–Kier alpha value is -3.26. The van der Waals surface area contributed by atoms with E-state index in [1.54, 1.807) is 43.5 Å². The summed E-state index contributed by atoms with van der Waals surface area (Å²) >= 11 is 0. The molecular formula is C19H18N2O3. The number of benzene rings is 2. The summed E-state index contributed by atoms with van der Waals surface area (Å²) in [6, 6.07) is 13.1. The van der Waals surface area contributed by atoms with Crippen molar-refractivity contribution in [1.82, 2.24) is 0 Å². The van der Waals surface area contributed by atoms with E-state index < -0.39 is 12.0 Å². The molecular weight excluding hydrogens is 304 g/mol. The molecule has 2 aromatic carbocycles. The van der Waals surface area contributed by atoms with Crippen molar-refractivity contribution in [2.45, 2.75) is 13.0 Å². The van der Waals surface area contributed by atoms with E-state index in [1.165, 1.54) is 0 Å². The molecule has 24 heavy (non-hydrogen) atoms. The minimum absolute atomic E-state index is 0.518. The van der Waals surface area contributed by atoms with Crippen molar-refractivity contribution >= 4 is 17.7 Å². The second kappa shape index (κ2) is 7.84. The van der Waals surface area contributed by atoms with E-state index in [4.69, 9.17) is 10.00 Å². The molecule has 0 fully saturated rings. The molecule has 0 radical (unpaired) electrons. The van der Waals surface area contributed by atoms with Gasteiger partial charge in [-0.1, -0.05) is 12.2 Å². The number of nitriles is 1. The zero-order chi connectivity index (χ0) is 17.5. The van der Waals surface area contributed by atoms with Crippen LogP contribution in [0, 0.1) is 11.3 Å². The minimum atomic E-state index is -1.00. The largest absolute Gasteiger partial charge is 0.497 e. The summed E-state index contributed by atoms with van der Waals surface area (Å²) < 4.78 is 5.26. The van der Waals surface area contributed by atoms with Crippen LogP contribution in [0.15, 0.2) is 48.5 Å². The fourth-order valence-corrected chi connectivity index (χ4v) is 2.31. The normalized spacial score (nSPS) is 11.7. The lowest BCUT2D eigenvalue weighted by molar-refractivity contribution is -0.138. The Labute approximate surface area is 140 Å². The Balaban J connectivity index is 2.37. The van der Waals surface area contributed by atoms with Gasteiger partial charge in [0.15, 0.2) is 6.04 Å². The molecule has 0 aliphatic rings. The number of aliphatic carboxylic acids is 1. The van der Waals surface area contributed by atoms with Crippen LogP contribution in [0.25, 0.3) is 6.08 Å². The summed E-state index contributed by atoms with van der Waals surface area (Å²) in [6.07, 6.45) is 3.76. The lowest BCUT2D eigenvalue weighted by Gasteiger charge is -2.18. The van der Waals surface area contributed by atoms with Gasteiger partial charge in [0, 0.05) is 5.69 Å². The molecule has 0 spiro atoms. The van der Waals surface area contributed by atoms with Crippen molar-refractivity contribution in [3.63, 3.8) is 0 Å². The van der Waals surface area contributed by atoms with Gasteiger partial charge in [-0.05, 0) is 60.5 Å². The Morgan fingerprint density at radius 2 is 2.00 bits per heavy atom. The number of anilines is 1. The average molecular weight is 322 g/mol. The summed E-state index contributed by atoms with van der Waals surface area (Å²) in [6.45, 7) is 1.89. The van der Waals surface area contributed by atoms with Crippen LogP contribution in [0.5, 0.6) is 5.75 Å². The fourth-order valence-electron chi connectivity index (χ4n) is 2.31. The summed E-state index contributed by atoms with van der Waals surface area (Å²) in [5.74, 6) is -0.410. The molecule has 5 nitrogen and oxygen atoms in total. The number of carboxylic acids is 1. The van der Waals surface area contributed by atoms with Crippen molar-refractivity contribution in [3.05, 3.63) is 65.2 Å². The molecule has 2 aromatic rings. The van der Waals surface area contributed by atoms with E-state index in [0.717, 1.165) is 5.56 Å². The fraction of sp³-hybridized carbons (Fsp3) is 0.158. The van der Waals surface area contributed by atoms with Gasteiger partial charge in [-0.2, -0.15) is 5.26 Å². The van der Waals surface area contributed by atoms with Gasteiger partial charge < -0.3 is 15.2 Å². The molecule has 0 bridgehead atoms. The van der Waals surface area contributed by atoms with Crippen molar-refractivity contribution in [2.24, 2.45) is 0 Å². The molecule has 0 aliphatic carbocycles. The lowest BCUT2D eigenvalue weighted by Crippen LogP contribution is -2.20. The van der Waals surface area contributed by atoms with Gasteiger partial charge in [-0.3, -0.25) is 0 Å². The molecule has 0 saturated carbocycles. The van der Waals surface area contributed by atoms with Gasteiger partial charge >= 0.3 is 5.97 Å². The molecule has 5 heteroatoms. The van der Waals surface area contributed by atoms with E-state index in [1.807, 2.05) is 31.2 Å².